The van der Waals surface area contributed by atoms with Gasteiger partial charge in [-0.25, -0.2) is 9.37 Å². The zero-order valence-electron chi connectivity index (χ0n) is 13.8. The molecule has 3 aromatic rings. The van der Waals surface area contributed by atoms with E-state index < -0.39 is 0 Å². The average Bonchev–Trinajstić information content (AvgIpc) is 2.62. The van der Waals surface area contributed by atoms with Gasteiger partial charge in [-0.1, -0.05) is 19.1 Å². The zero-order chi connectivity index (χ0) is 16.9. The van der Waals surface area contributed by atoms with Crippen molar-refractivity contribution >= 4 is 5.82 Å². The molecule has 3 nitrogen and oxygen atoms in total. The monoisotopic (exact) mass is 321 g/mol. The first-order valence-electron chi connectivity index (χ1n) is 8.08. The summed E-state index contributed by atoms with van der Waals surface area (Å²) in [7, 11) is 0. The van der Waals surface area contributed by atoms with Gasteiger partial charge in [0.25, 0.3) is 0 Å². The highest BCUT2D eigenvalue weighted by Gasteiger charge is 2.07. The van der Waals surface area contributed by atoms with Crippen LogP contribution < -0.4 is 5.32 Å². The minimum Gasteiger partial charge on any atom is -0.364 e. The van der Waals surface area contributed by atoms with Gasteiger partial charge < -0.3 is 5.32 Å². The van der Waals surface area contributed by atoms with Crippen LogP contribution >= 0.6 is 0 Å². The lowest BCUT2D eigenvalue weighted by atomic mass is 10.1. The third-order valence-electron chi connectivity index (χ3n) is 4.01. The quantitative estimate of drug-likeness (QED) is 0.717. The second kappa shape index (κ2) is 7.21. The molecule has 0 unspecified atom stereocenters. The molecule has 0 saturated heterocycles. The van der Waals surface area contributed by atoms with E-state index in [-0.39, 0.29) is 11.9 Å². The number of nitrogens with one attached hydrogen (secondary N) is 1. The standard InChI is InChI=1S/C20H20FN3/c1-3-15-9-18(12-22-11-15)17-7-8-20(23-13-17)24-14(2)16-5-4-6-19(21)10-16/h4-14H,3H2,1-2H3,(H,23,24)/t14-/m1/s1. The van der Waals surface area contributed by atoms with Crippen molar-refractivity contribution in [2.45, 2.75) is 26.3 Å². The van der Waals surface area contributed by atoms with Gasteiger partial charge in [0.05, 0.1) is 6.04 Å². The topological polar surface area (TPSA) is 37.8 Å². The van der Waals surface area contributed by atoms with E-state index >= 15 is 0 Å². The van der Waals surface area contributed by atoms with Crippen molar-refractivity contribution in [3.8, 4) is 11.1 Å². The van der Waals surface area contributed by atoms with Gasteiger partial charge in [-0.3, -0.25) is 4.98 Å². The smallest absolute Gasteiger partial charge is 0.126 e. The van der Waals surface area contributed by atoms with Gasteiger partial charge in [0.1, 0.15) is 11.6 Å². The van der Waals surface area contributed by atoms with Crippen molar-refractivity contribution in [2.75, 3.05) is 5.32 Å². The van der Waals surface area contributed by atoms with Gasteiger partial charge >= 0.3 is 0 Å². The number of pyridine rings is 2. The summed E-state index contributed by atoms with van der Waals surface area (Å²) in [4.78, 5) is 8.74. The van der Waals surface area contributed by atoms with E-state index in [1.165, 1.54) is 17.7 Å². The van der Waals surface area contributed by atoms with Gasteiger partial charge in [0, 0.05) is 29.7 Å². The first-order valence-corrected chi connectivity index (χ1v) is 8.08. The maximum Gasteiger partial charge on any atom is 0.126 e. The van der Waals surface area contributed by atoms with Crippen molar-refractivity contribution in [3.63, 3.8) is 0 Å². The van der Waals surface area contributed by atoms with E-state index in [4.69, 9.17) is 0 Å². The number of aryl methyl sites for hydroxylation is 1. The molecule has 0 aliphatic rings. The Kier molecular flexibility index (Phi) is 4.85. The number of benzene rings is 1. The molecule has 4 heteroatoms. The van der Waals surface area contributed by atoms with Crippen LogP contribution in [0, 0.1) is 5.82 Å². The maximum atomic E-state index is 13.3. The van der Waals surface area contributed by atoms with Crippen molar-refractivity contribution < 1.29 is 4.39 Å². The van der Waals surface area contributed by atoms with E-state index in [2.05, 4.69) is 28.3 Å². The molecule has 1 atom stereocenters. The Balaban J connectivity index is 1.74. The van der Waals surface area contributed by atoms with Gasteiger partial charge in [0.2, 0.25) is 0 Å². The normalized spacial score (nSPS) is 12.0. The van der Waals surface area contributed by atoms with Gasteiger partial charge in [-0.2, -0.15) is 0 Å². The lowest BCUT2D eigenvalue weighted by molar-refractivity contribution is 0.623. The SMILES string of the molecule is CCc1cncc(-c2ccc(N[C@H](C)c3cccc(F)c3)nc2)c1. The molecular formula is C20H20FN3. The second-order valence-corrected chi connectivity index (χ2v) is 5.79. The summed E-state index contributed by atoms with van der Waals surface area (Å²) in [6.07, 6.45) is 6.52. The Morgan fingerprint density at radius 2 is 1.92 bits per heavy atom. The summed E-state index contributed by atoms with van der Waals surface area (Å²) in [6.45, 7) is 4.10. The van der Waals surface area contributed by atoms with Crippen LogP contribution in [-0.2, 0) is 6.42 Å². The lowest BCUT2D eigenvalue weighted by Gasteiger charge is -2.15. The molecule has 1 aromatic carbocycles. The summed E-state index contributed by atoms with van der Waals surface area (Å²) in [5.74, 6) is 0.530. The number of nitrogens with zero attached hydrogens (tertiary/aromatic N) is 2. The highest BCUT2D eigenvalue weighted by atomic mass is 19.1. The molecule has 0 saturated carbocycles. The van der Waals surface area contributed by atoms with Crippen molar-refractivity contribution in [1.29, 1.82) is 0 Å². The van der Waals surface area contributed by atoms with E-state index in [9.17, 15) is 4.39 Å². The minimum absolute atomic E-state index is 0.0239. The largest absolute Gasteiger partial charge is 0.364 e. The Morgan fingerprint density at radius 3 is 2.62 bits per heavy atom. The molecule has 0 spiro atoms. The first kappa shape index (κ1) is 16.1. The van der Waals surface area contributed by atoms with Crippen LogP contribution in [0.25, 0.3) is 11.1 Å². The molecule has 2 aromatic heterocycles. The Morgan fingerprint density at radius 1 is 1.04 bits per heavy atom. The van der Waals surface area contributed by atoms with E-state index in [0.717, 1.165) is 28.9 Å². The van der Waals surface area contributed by atoms with Crippen LogP contribution in [0.3, 0.4) is 0 Å². The summed E-state index contributed by atoms with van der Waals surface area (Å²) in [6, 6.07) is 12.7. The molecule has 0 radical (unpaired) electrons. The van der Waals surface area contributed by atoms with Crippen LogP contribution in [0.4, 0.5) is 10.2 Å². The maximum absolute atomic E-state index is 13.3. The van der Waals surface area contributed by atoms with E-state index in [1.54, 1.807) is 6.07 Å². The van der Waals surface area contributed by atoms with Crippen LogP contribution in [-0.4, -0.2) is 9.97 Å². The van der Waals surface area contributed by atoms with Crippen molar-refractivity contribution in [1.82, 2.24) is 9.97 Å². The molecule has 24 heavy (non-hydrogen) atoms. The summed E-state index contributed by atoms with van der Waals surface area (Å²) >= 11 is 0. The molecule has 0 amide bonds. The molecular weight excluding hydrogens is 301 g/mol. The fraction of sp³-hybridized carbons (Fsp3) is 0.200. The Labute approximate surface area is 141 Å². The number of rotatable bonds is 5. The molecule has 0 aliphatic heterocycles. The predicted molar refractivity (Wildman–Crippen MR) is 95.3 cm³/mol. The van der Waals surface area contributed by atoms with Gasteiger partial charge in [0.15, 0.2) is 0 Å². The minimum atomic E-state index is -0.229. The highest BCUT2D eigenvalue weighted by molar-refractivity contribution is 5.63. The van der Waals surface area contributed by atoms with Crippen LogP contribution in [0.1, 0.15) is 31.0 Å². The molecule has 0 fully saturated rings. The predicted octanol–water partition coefficient (Wildman–Crippen LogP) is 5.02. The Hall–Kier alpha value is -2.75. The second-order valence-electron chi connectivity index (χ2n) is 5.79. The molecule has 2 heterocycles. The third-order valence-corrected chi connectivity index (χ3v) is 4.01. The van der Waals surface area contributed by atoms with Gasteiger partial charge in [-0.05, 0) is 54.8 Å². The first-order chi connectivity index (χ1) is 11.7. The third kappa shape index (κ3) is 3.77. The van der Waals surface area contributed by atoms with Crippen molar-refractivity contribution in [3.05, 3.63) is 78.0 Å². The highest BCUT2D eigenvalue weighted by Crippen LogP contribution is 2.22. The average molecular weight is 321 g/mol. The fourth-order valence-electron chi connectivity index (χ4n) is 2.57. The molecule has 0 bridgehead atoms. The number of halogens is 1. The number of aromatic nitrogens is 2. The molecule has 1 N–H and O–H groups in total. The number of hydrogen-bond donors (Lipinski definition) is 1. The van der Waals surface area contributed by atoms with Crippen LogP contribution in [0.5, 0.6) is 0 Å². The van der Waals surface area contributed by atoms with E-state index in [1.807, 2.05) is 43.7 Å². The molecule has 122 valence electrons. The van der Waals surface area contributed by atoms with Crippen molar-refractivity contribution in [2.24, 2.45) is 0 Å². The lowest BCUT2D eigenvalue weighted by Crippen LogP contribution is -2.08. The molecule has 3 rings (SSSR count). The van der Waals surface area contributed by atoms with E-state index in [0.29, 0.717) is 0 Å². The summed E-state index contributed by atoms with van der Waals surface area (Å²) < 4.78 is 13.3. The number of anilines is 1. The summed E-state index contributed by atoms with van der Waals surface area (Å²) in [5, 5.41) is 3.29. The Bertz CT molecular complexity index is 815. The number of hydrogen-bond acceptors (Lipinski definition) is 3. The van der Waals surface area contributed by atoms with Gasteiger partial charge in [-0.15, -0.1) is 0 Å². The summed E-state index contributed by atoms with van der Waals surface area (Å²) in [5.41, 5.74) is 4.18. The van der Waals surface area contributed by atoms with Crippen LogP contribution in [0.2, 0.25) is 0 Å². The fourth-order valence-corrected chi connectivity index (χ4v) is 2.57. The molecule has 0 aliphatic carbocycles. The zero-order valence-corrected chi connectivity index (χ0v) is 13.8. The van der Waals surface area contributed by atoms with Crippen LogP contribution in [0.15, 0.2) is 61.1 Å².